The number of hydrogen-bond donors (Lipinski definition) is 1. The summed E-state index contributed by atoms with van der Waals surface area (Å²) in [7, 11) is -3.55. The molecule has 1 aromatic carbocycles. The van der Waals surface area contributed by atoms with E-state index in [0.29, 0.717) is 16.7 Å². The minimum absolute atomic E-state index is 0.00278. The molecule has 0 unspecified atom stereocenters. The van der Waals surface area contributed by atoms with Crippen molar-refractivity contribution >= 4 is 27.1 Å². The van der Waals surface area contributed by atoms with Gasteiger partial charge < -0.3 is 5.11 Å². The van der Waals surface area contributed by atoms with Crippen LogP contribution in [-0.4, -0.2) is 19.5 Å². The summed E-state index contributed by atoms with van der Waals surface area (Å²) in [4.78, 5) is 11.2. The molecule has 6 heteroatoms. The van der Waals surface area contributed by atoms with E-state index >= 15 is 0 Å². The Hall–Kier alpha value is -1.66. The molecule has 0 aliphatic heterocycles. The minimum Gasteiger partial charge on any atom is -0.478 e. The van der Waals surface area contributed by atoms with Crippen molar-refractivity contribution in [1.82, 2.24) is 0 Å². The largest absolute Gasteiger partial charge is 0.478 e. The fourth-order valence-electron chi connectivity index (χ4n) is 1.95. The van der Waals surface area contributed by atoms with Crippen molar-refractivity contribution in [3.63, 3.8) is 0 Å². The highest BCUT2D eigenvalue weighted by Crippen LogP contribution is 2.25. The van der Waals surface area contributed by atoms with Gasteiger partial charge in [-0.1, -0.05) is 0 Å². The van der Waals surface area contributed by atoms with Gasteiger partial charge >= 0.3 is 5.97 Å². The molecule has 0 bridgehead atoms. The Morgan fingerprint density at radius 3 is 2.55 bits per heavy atom. The third-order valence-electron chi connectivity index (χ3n) is 3.14. The molecule has 0 atom stereocenters. The molecule has 1 aromatic heterocycles. The van der Waals surface area contributed by atoms with Crippen LogP contribution >= 0.6 is 11.3 Å². The molecule has 1 heterocycles. The molecular formula is C14H14O4S2. The highest BCUT2D eigenvalue weighted by Gasteiger charge is 2.21. The van der Waals surface area contributed by atoms with E-state index in [1.807, 2.05) is 5.38 Å². The maximum absolute atomic E-state index is 12.5. The number of carboxylic acids is 1. The molecule has 2 rings (SSSR count). The third kappa shape index (κ3) is 2.91. The molecule has 0 aliphatic rings. The van der Waals surface area contributed by atoms with Gasteiger partial charge in [0.1, 0.15) is 0 Å². The van der Waals surface area contributed by atoms with E-state index in [1.54, 1.807) is 25.3 Å². The van der Waals surface area contributed by atoms with Crippen LogP contribution < -0.4 is 0 Å². The van der Waals surface area contributed by atoms with E-state index in [9.17, 15) is 13.2 Å². The number of sulfone groups is 1. The van der Waals surface area contributed by atoms with Gasteiger partial charge in [0.05, 0.1) is 16.2 Å². The summed E-state index contributed by atoms with van der Waals surface area (Å²) in [6.07, 6.45) is 0. The van der Waals surface area contributed by atoms with Crippen LogP contribution in [0.15, 0.2) is 33.9 Å². The van der Waals surface area contributed by atoms with Crippen LogP contribution in [0.2, 0.25) is 0 Å². The first kappa shape index (κ1) is 14.7. The summed E-state index contributed by atoms with van der Waals surface area (Å²) in [6.45, 7) is 3.41. The summed E-state index contributed by atoms with van der Waals surface area (Å²) in [5.74, 6) is -1.24. The number of rotatable bonds is 4. The quantitative estimate of drug-likeness (QED) is 0.942. The summed E-state index contributed by atoms with van der Waals surface area (Å²) in [5, 5.41) is 12.6. The SMILES string of the molecule is Cc1cc(C(=O)O)cc(S(=O)(=O)Cc2ccsc2)c1C. The average Bonchev–Trinajstić information content (AvgIpc) is 2.83. The molecule has 0 fully saturated rings. The van der Waals surface area contributed by atoms with Crippen LogP contribution in [-0.2, 0) is 15.6 Å². The van der Waals surface area contributed by atoms with Gasteiger partial charge in [-0.2, -0.15) is 11.3 Å². The monoisotopic (exact) mass is 310 g/mol. The number of carbonyl (C=O) groups is 1. The van der Waals surface area contributed by atoms with E-state index in [1.165, 1.54) is 23.5 Å². The number of aromatic carboxylic acids is 1. The smallest absolute Gasteiger partial charge is 0.335 e. The van der Waals surface area contributed by atoms with Gasteiger partial charge in [0.25, 0.3) is 0 Å². The molecule has 0 spiro atoms. The van der Waals surface area contributed by atoms with E-state index in [2.05, 4.69) is 0 Å². The number of benzene rings is 1. The summed E-state index contributed by atoms with van der Waals surface area (Å²) >= 11 is 1.43. The Bertz CT molecular complexity index is 744. The van der Waals surface area contributed by atoms with Crippen LogP contribution in [0.4, 0.5) is 0 Å². The fourth-order valence-corrected chi connectivity index (χ4v) is 4.43. The lowest BCUT2D eigenvalue weighted by molar-refractivity contribution is 0.0696. The molecule has 0 radical (unpaired) electrons. The van der Waals surface area contributed by atoms with Crippen LogP contribution in [0.3, 0.4) is 0 Å². The van der Waals surface area contributed by atoms with Crippen molar-refractivity contribution in [3.8, 4) is 0 Å². The van der Waals surface area contributed by atoms with Gasteiger partial charge in [-0.25, -0.2) is 13.2 Å². The predicted molar refractivity (Wildman–Crippen MR) is 78.1 cm³/mol. The molecule has 2 aromatic rings. The van der Waals surface area contributed by atoms with E-state index in [0.717, 1.165) is 0 Å². The van der Waals surface area contributed by atoms with Crippen molar-refractivity contribution in [2.75, 3.05) is 0 Å². The van der Waals surface area contributed by atoms with Crippen LogP contribution in [0.25, 0.3) is 0 Å². The lowest BCUT2D eigenvalue weighted by Gasteiger charge is -2.11. The van der Waals surface area contributed by atoms with Gasteiger partial charge in [0.2, 0.25) is 0 Å². The maximum Gasteiger partial charge on any atom is 0.335 e. The van der Waals surface area contributed by atoms with Crippen LogP contribution in [0.1, 0.15) is 27.0 Å². The van der Waals surface area contributed by atoms with E-state index in [4.69, 9.17) is 5.11 Å². The second-order valence-electron chi connectivity index (χ2n) is 4.61. The average molecular weight is 310 g/mol. The van der Waals surface area contributed by atoms with Crippen LogP contribution in [0.5, 0.6) is 0 Å². The second kappa shape index (κ2) is 5.38. The van der Waals surface area contributed by atoms with Gasteiger partial charge in [-0.05, 0) is 59.5 Å². The summed E-state index contributed by atoms with van der Waals surface area (Å²) < 4.78 is 24.9. The lowest BCUT2D eigenvalue weighted by atomic mass is 10.1. The molecule has 0 aliphatic carbocycles. The Balaban J connectivity index is 2.53. The van der Waals surface area contributed by atoms with Crippen molar-refractivity contribution < 1.29 is 18.3 Å². The number of thiophene rings is 1. The number of aryl methyl sites for hydroxylation is 1. The Labute approximate surface area is 121 Å². The molecule has 106 valence electrons. The zero-order chi connectivity index (χ0) is 14.9. The van der Waals surface area contributed by atoms with Crippen LogP contribution in [0, 0.1) is 13.8 Å². The zero-order valence-electron chi connectivity index (χ0n) is 11.1. The first-order valence-electron chi connectivity index (χ1n) is 5.89. The maximum atomic E-state index is 12.5. The third-order valence-corrected chi connectivity index (χ3v) is 5.68. The highest BCUT2D eigenvalue weighted by molar-refractivity contribution is 7.90. The Morgan fingerprint density at radius 2 is 2.00 bits per heavy atom. The topological polar surface area (TPSA) is 71.4 Å². The lowest BCUT2D eigenvalue weighted by Crippen LogP contribution is -2.09. The number of hydrogen-bond acceptors (Lipinski definition) is 4. The molecule has 0 amide bonds. The standard InChI is InChI=1S/C14H14O4S2/c1-9-5-12(14(15)16)6-13(10(9)2)20(17,18)8-11-3-4-19-7-11/h3-7H,8H2,1-2H3,(H,15,16). The normalized spacial score (nSPS) is 11.5. The molecule has 0 saturated heterocycles. The highest BCUT2D eigenvalue weighted by atomic mass is 32.2. The first-order chi connectivity index (χ1) is 9.31. The number of carboxylic acid groups (broad SMARTS) is 1. The minimum atomic E-state index is -3.55. The Morgan fingerprint density at radius 1 is 1.30 bits per heavy atom. The first-order valence-corrected chi connectivity index (χ1v) is 8.49. The summed E-state index contributed by atoms with van der Waals surface area (Å²) in [6, 6.07) is 4.49. The van der Waals surface area contributed by atoms with Crippen molar-refractivity contribution in [3.05, 3.63) is 51.2 Å². The van der Waals surface area contributed by atoms with Crippen molar-refractivity contribution in [2.24, 2.45) is 0 Å². The summed E-state index contributed by atoms with van der Waals surface area (Å²) in [5.41, 5.74) is 1.98. The van der Waals surface area contributed by atoms with Gasteiger partial charge in [0.15, 0.2) is 9.84 Å². The Kier molecular flexibility index (Phi) is 3.96. The fraction of sp³-hybridized carbons (Fsp3) is 0.214. The molecule has 20 heavy (non-hydrogen) atoms. The molecule has 0 saturated carbocycles. The predicted octanol–water partition coefficient (Wildman–Crippen LogP) is 3.04. The second-order valence-corrected chi connectivity index (χ2v) is 7.35. The van der Waals surface area contributed by atoms with Gasteiger partial charge in [-0.3, -0.25) is 0 Å². The van der Waals surface area contributed by atoms with Crippen molar-refractivity contribution in [2.45, 2.75) is 24.5 Å². The van der Waals surface area contributed by atoms with Gasteiger partial charge in [0, 0.05) is 0 Å². The molecule has 4 nitrogen and oxygen atoms in total. The van der Waals surface area contributed by atoms with E-state index < -0.39 is 15.8 Å². The van der Waals surface area contributed by atoms with Crippen molar-refractivity contribution in [1.29, 1.82) is 0 Å². The molecular weight excluding hydrogens is 296 g/mol. The van der Waals surface area contributed by atoms with E-state index in [-0.39, 0.29) is 16.2 Å². The van der Waals surface area contributed by atoms with Gasteiger partial charge in [-0.15, -0.1) is 0 Å². The molecule has 1 N–H and O–H groups in total. The zero-order valence-corrected chi connectivity index (χ0v) is 12.7.